The predicted molar refractivity (Wildman–Crippen MR) is 89.0 cm³/mol. The number of aromatic nitrogens is 2. The predicted octanol–water partition coefficient (Wildman–Crippen LogP) is 1.94. The summed E-state index contributed by atoms with van der Waals surface area (Å²) in [5.74, 6) is 0.0572. The quantitative estimate of drug-likeness (QED) is 0.667. The number of aromatic amines is 2. The summed E-state index contributed by atoms with van der Waals surface area (Å²) in [5.41, 5.74) is 1.75. The molecule has 23 heavy (non-hydrogen) atoms. The highest BCUT2D eigenvalue weighted by Crippen LogP contribution is 2.17. The lowest BCUT2D eigenvalue weighted by Gasteiger charge is -2.13. The van der Waals surface area contributed by atoms with Gasteiger partial charge >= 0.3 is 5.69 Å². The van der Waals surface area contributed by atoms with Gasteiger partial charge in [-0.05, 0) is 29.7 Å². The Hall–Kier alpha value is -2.38. The molecule has 0 bridgehead atoms. The molecular formula is C16H17N3O3S. The summed E-state index contributed by atoms with van der Waals surface area (Å²) in [6, 6.07) is 14.2. The van der Waals surface area contributed by atoms with Gasteiger partial charge < -0.3 is 9.97 Å². The fourth-order valence-corrected chi connectivity index (χ4v) is 3.55. The highest BCUT2D eigenvalue weighted by atomic mass is 32.2. The van der Waals surface area contributed by atoms with Gasteiger partial charge in [-0.1, -0.05) is 37.3 Å². The summed E-state index contributed by atoms with van der Waals surface area (Å²) >= 11 is 0. The van der Waals surface area contributed by atoms with Crippen molar-refractivity contribution >= 4 is 21.1 Å². The van der Waals surface area contributed by atoms with Crippen LogP contribution < -0.4 is 10.4 Å². The van der Waals surface area contributed by atoms with E-state index in [-0.39, 0.29) is 16.5 Å². The maximum Gasteiger partial charge on any atom is 0.323 e. The molecule has 3 aromatic rings. The summed E-state index contributed by atoms with van der Waals surface area (Å²) in [6.45, 7) is 2.26. The van der Waals surface area contributed by atoms with Gasteiger partial charge in [0.15, 0.2) is 0 Å². The average molecular weight is 331 g/mol. The Labute approximate surface area is 133 Å². The van der Waals surface area contributed by atoms with E-state index in [1.165, 1.54) is 12.1 Å². The standard InChI is InChI=1S/C16H17N3O3S/c1-11(12-5-3-2-4-6-12)10-17-23(21,22)13-7-8-14-15(9-13)19-16(20)18-14/h2-9,11,17H,10H2,1H3,(H2,18,19,20)/t11-/m0/s1. The average Bonchev–Trinajstić information content (AvgIpc) is 2.92. The van der Waals surface area contributed by atoms with Crippen molar-refractivity contribution in [3.05, 3.63) is 64.6 Å². The molecule has 0 fully saturated rings. The SMILES string of the molecule is C[C@@H](CNS(=O)(=O)c1ccc2[nH]c(=O)[nH]c2c1)c1ccccc1. The first-order chi connectivity index (χ1) is 11.0. The molecule has 0 amide bonds. The molecule has 0 aliphatic heterocycles. The lowest BCUT2D eigenvalue weighted by molar-refractivity contribution is 0.575. The smallest absolute Gasteiger partial charge is 0.306 e. The largest absolute Gasteiger partial charge is 0.323 e. The first-order valence-corrected chi connectivity index (χ1v) is 8.71. The number of H-pyrrole nitrogens is 2. The molecule has 3 rings (SSSR count). The molecule has 2 aromatic carbocycles. The molecule has 0 aliphatic rings. The molecule has 0 aliphatic carbocycles. The minimum atomic E-state index is -3.63. The van der Waals surface area contributed by atoms with Crippen LogP contribution in [0, 0.1) is 0 Å². The molecule has 1 aromatic heterocycles. The molecule has 120 valence electrons. The molecule has 1 heterocycles. The summed E-state index contributed by atoms with van der Waals surface area (Å²) in [7, 11) is -3.63. The summed E-state index contributed by atoms with van der Waals surface area (Å²) in [5, 5.41) is 0. The van der Waals surface area contributed by atoms with Crippen LogP contribution in [0.5, 0.6) is 0 Å². The third-order valence-corrected chi connectivity index (χ3v) is 5.17. The molecule has 0 spiro atoms. The van der Waals surface area contributed by atoms with Gasteiger partial charge in [0.25, 0.3) is 0 Å². The normalized spacial score (nSPS) is 13.3. The Balaban J connectivity index is 1.79. The number of sulfonamides is 1. The second-order valence-corrected chi connectivity index (χ2v) is 7.22. The highest BCUT2D eigenvalue weighted by molar-refractivity contribution is 7.89. The number of imidazole rings is 1. The zero-order valence-corrected chi connectivity index (χ0v) is 13.4. The van der Waals surface area contributed by atoms with Gasteiger partial charge in [0.2, 0.25) is 10.0 Å². The van der Waals surface area contributed by atoms with E-state index in [9.17, 15) is 13.2 Å². The van der Waals surface area contributed by atoms with Crippen molar-refractivity contribution in [2.75, 3.05) is 6.54 Å². The lowest BCUT2D eigenvalue weighted by Crippen LogP contribution is -2.27. The van der Waals surface area contributed by atoms with Gasteiger partial charge in [-0.25, -0.2) is 17.9 Å². The summed E-state index contributed by atoms with van der Waals surface area (Å²) in [6.07, 6.45) is 0. The molecule has 0 unspecified atom stereocenters. The molecule has 6 nitrogen and oxygen atoms in total. The van der Waals surface area contributed by atoms with Crippen LogP contribution in [0.2, 0.25) is 0 Å². The van der Waals surface area contributed by atoms with E-state index in [1.54, 1.807) is 6.07 Å². The highest BCUT2D eigenvalue weighted by Gasteiger charge is 2.16. The lowest BCUT2D eigenvalue weighted by atomic mass is 10.0. The first kappa shape index (κ1) is 15.5. The van der Waals surface area contributed by atoms with Crippen LogP contribution in [0.3, 0.4) is 0 Å². The van der Waals surface area contributed by atoms with E-state index in [0.29, 0.717) is 17.6 Å². The maximum atomic E-state index is 12.4. The van der Waals surface area contributed by atoms with Crippen LogP contribution in [0.15, 0.2) is 58.2 Å². The minimum Gasteiger partial charge on any atom is -0.306 e. The summed E-state index contributed by atoms with van der Waals surface area (Å²) < 4.78 is 27.4. The van der Waals surface area contributed by atoms with Crippen LogP contribution in [0.25, 0.3) is 11.0 Å². The van der Waals surface area contributed by atoms with Gasteiger partial charge in [-0.3, -0.25) is 0 Å². The van der Waals surface area contributed by atoms with E-state index in [2.05, 4.69) is 14.7 Å². The van der Waals surface area contributed by atoms with Gasteiger partial charge in [0, 0.05) is 6.54 Å². The van der Waals surface area contributed by atoms with Crippen LogP contribution in [-0.2, 0) is 10.0 Å². The van der Waals surface area contributed by atoms with Crippen LogP contribution >= 0.6 is 0 Å². The van der Waals surface area contributed by atoms with Gasteiger partial charge in [-0.15, -0.1) is 0 Å². The second kappa shape index (κ2) is 6.02. The maximum absolute atomic E-state index is 12.4. The van der Waals surface area contributed by atoms with E-state index >= 15 is 0 Å². The number of fused-ring (bicyclic) bond motifs is 1. The second-order valence-electron chi connectivity index (χ2n) is 5.45. The Morgan fingerprint density at radius 2 is 1.74 bits per heavy atom. The summed E-state index contributed by atoms with van der Waals surface area (Å²) in [4.78, 5) is 16.5. The Morgan fingerprint density at radius 1 is 1.04 bits per heavy atom. The molecule has 1 atom stereocenters. The topological polar surface area (TPSA) is 94.8 Å². The van der Waals surface area contributed by atoms with E-state index < -0.39 is 10.0 Å². The molecule has 0 saturated heterocycles. The van der Waals surface area contributed by atoms with Crippen molar-refractivity contribution in [1.29, 1.82) is 0 Å². The van der Waals surface area contributed by atoms with Crippen LogP contribution in [-0.4, -0.2) is 24.9 Å². The van der Waals surface area contributed by atoms with Crippen molar-refractivity contribution in [3.8, 4) is 0 Å². The third kappa shape index (κ3) is 3.35. The van der Waals surface area contributed by atoms with Crippen molar-refractivity contribution in [2.45, 2.75) is 17.7 Å². The molecule has 7 heteroatoms. The van der Waals surface area contributed by atoms with E-state index in [1.807, 2.05) is 37.3 Å². The Bertz CT molecular complexity index is 974. The van der Waals surface area contributed by atoms with Crippen LogP contribution in [0.4, 0.5) is 0 Å². The number of hydrogen-bond donors (Lipinski definition) is 3. The Kier molecular flexibility index (Phi) is 4.06. The number of nitrogens with one attached hydrogen (secondary N) is 3. The van der Waals surface area contributed by atoms with E-state index in [4.69, 9.17) is 0 Å². The fourth-order valence-electron chi connectivity index (χ4n) is 2.40. The number of rotatable bonds is 5. The zero-order chi connectivity index (χ0) is 16.4. The van der Waals surface area contributed by atoms with Gasteiger partial charge in [-0.2, -0.15) is 0 Å². The molecule has 0 saturated carbocycles. The van der Waals surface area contributed by atoms with Crippen molar-refractivity contribution in [2.24, 2.45) is 0 Å². The van der Waals surface area contributed by atoms with Gasteiger partial charge in [0.1, 0.15) is 0 Å². The van der Waals surface area contributed by atoms with E-state index in [0.717, 1.165) is 5.56 Å². The molecular weight excluding hydrogens is 314 g/mol. The van der Waals surface area contributed by atoms with Gasteiger partial charge in [0.05, 0.1) is 15.9 Å². The zero-order valence-electron chi connectivity index (χ0n) is 12.5. The molecule has 0 radical (unpaired) electrons. The monoisotopic (exact) mass is 331 g/mol. The first-order valence-electron chi connectivity index (χ1n) is 7.22. The molecule has 3 N–H and O–H groups in total. The third-order valence-electron chi connectivity index (χ3n) is 3.75. The van der Waals surface area contributed by atoms with Crippen molar-refractivity contribution in [1.82, 2.24) is 14.7 Å². The van der Waals surface area contributed by atoms with Crippen molar-refractivity contribution < 1.29 is 8.42 Å². The Morgan fingerprint density at radius 3 is 2.48 bits per heavy atom. The van der Waals surface area contributed by atoms with Crippen LogP contribution in [0.1, 0.15) is 18.4 Å². The number of benzene rings is 2. The fraction of sp³-hybridized carbons (Fsp3) is 0.188. The van der Waals surface area contributed by atoms with Crippen molar-refractivity contribution in [3.63, 3.8) is 0 Å². The number of hydrogen-bond acceptors (Lipinski definition) is 3. The minimum absolute atomic E-state index is 0.0572.